The summed E-state index contributed by atoms with van der Waals surface area (Å²) < 4.78 is 10.9. The van der Waals surface area contributed by atoms with E-state index in [1.807, 2.05) is 25.1 Å². The lowest BCUT2D eigenvalue weighted by atomic mass is 10.1. The molecule has 0 saturated carbocycles. The number of fused-ring (bicyclic) bond motifs is 1. The third-order valence-corrected chi connectivity index (χ3v) is 4.21. The summed E-state index contributed by atoms with van der Waals surface area (Å²) in [6, 6.07) is 5.53. The lowest BCUT2D eigenvalue weighted by Gasteiger charge is -2.27. The highest BCUT2D eigenvalue weighted by Crippen LogP contribution is 2.26. The highest BCUT2D eigenvalue weighted by Gasteiger charge is 2.16. The van der Waals surface area contributed by atoms with E-state index in [0.717, 1.165) is 16.6 Å². The van der Waals surface area contributed by atoms with E-state index in [0.29, 0.717) is 38.6 Å². The predicted molar refractivity (Wildman–Crippen MR) is 98.4 cm³/mol. The third kappa shape index (κ3) is 4.66. The van der Waals surface area contributed by atoms with E-state index in [2.05, 4.69) is 20.7 Å². The van der Waals surface area contributed by atoms with Crippen molar-refractivity contribution in [1.82, 2.24) is 25.6 Å². The van der Waals surface area contributed by atoms with Crippen LogP contribution >= 0.6 is 0 Å². The first-order chi connectivity index (χ1) is 12.6. The number of nitrogens with zero attached hydrogens (tertiary/aromatic N) is 2. The number of aliphatic hydroxyl groups is 1. The Bertz CT molecular complexity index is 734. The van der Waals surface area contributed by atoms with Gasteiger partial charge in [0.15, 0.2) is 0 Å². The van der Waals surface area contributed by atoms with E-state index in [1.54, 1.807) is 4.90 Å². The molecule has 4 N–H and O–H groups in total. The normalized spacial score (nSPS) is 15.7. The number of carbonyl (C=O) groups excluding carboxylic acids is 1. The van der Waals surface area contributed by atoms with Gasteiger partial charge in [0.2, 0.25) is 0 Å². The number of aryl methyl sites for hydroxylation is 1. The van der Waals surface area contributed by atoms with E-state index in [-0.39, 0.29) is 20.2 Å². The quantitative estimate of drug-likeness (QED) is 0.391. The molecule has 0 aliphatic carbocycles. The highest BCUT2D eigenvalue weighted by molar-refractivity contribution is 6.33. The number of H-pyrrole nitrogens is 1. The average molecular weight is 361 g/mol. The van der Waals surface area contributed by atoms with Crippen LogP contribution < -0.4 is 15.2 Å². The lowest BCUT2D eigenvalue weighted by molar-refractivity contribution is 0.0544. The molecule has 10 heteroatoms. The minimum atomic E-state index is -0.697. The number of hydrogen-bond donors (Lipinski definition) is 4. The highest BCUT2D eigenvalue weighted by atomic mass is 16.5. The van der Waals surface area contributed by atoms with Crippen LogP contribution in [-0.4, -0.2) is 79.3 Å². The van der Waals surface area contributed by atoms with E-state index >= 15 is 0 Å². The first-order valence-corrected chi connectivity index (χ1v) is 8.71. The van der Waals surface area contributed by atoms with Crippen molar-refractivity contribution in [2.45, 2.75) is 13.0 Å². The van der Waals surface area contributed by atoms with Gasteiger partial charge in [0.05, 0.1) is 35.9 Å². The monoisotopic (exact) mass is 361 g/mol. The Labute approximate surface area is 152 Å². The summed E-state index contributed by atoms with van der Waals surface area (Å²) in [6.07, 6.45) is -0.697. The number of aromatic nitrogens is 2. The van der Waals surface area contributed by atoms with Crippen LogP contribution in [0.4, 0.5) is 4.79 Å². The average Bonchev–Trinajstić information content (AvgIpc) is 3.06. The van der Waals surface area contributed by atoms with Crippen LogP contribution in [0.1, 0.15) is 5.69 Å². The van der Waals surface area contributed by atoms with Gasteiger partial charge in [-0.2, -0.15) is 5.10 Å². The Morgan fingerprint density at radius 1 is 1.50 bits per heavy atom. The Hall–Kier alpha value is -2.30. The molecule has 2 heterocycles. The van der Waals surface area contributed by atoms with Crippen LogP contribution in [0.2, 0.25) is 0 Å². The minimum Gasteiger partial charge on any atom is -0.490 e. The topological polar surface area (TPSA) is 112 Å². The zero-order chi connectivity index (χ0) is 18.4. The standard InChI is InChI=1S/C16H24BN5O4/c1-11-15-13(21-20-11)3-2-4-14(15)26-10-12(23)9-18-17-19-16(24)22-5-7-25-8-6-22/h2-4,12,17-18,23H,5-10H2,1H3,(H,19,24)(H,20,21)/t12-/m0/s1. The number of aliphatic hydroxyl groups excluding tert-OH is 1. The van der Waals surface area contributed by atoms with Gasteiger partial charge in [-0.3, -0.25) is 5.10 Å². The molecule has 0 radical (unpaired) electrons. The second kappa shape index (κ2) is 8.88. The van der Waals surface area contributed by atoms with Crippen LogP contribution in [0.3, 0.4) is 0 Å². The number of amides is 2. The molecule has 9 nitrogen and oxygen atoms in total. The Kier molecular flexibility index (Phi) is 6.32. The molecule has 0 unspecified atom stereocenters. The van der Waals surface area contributed by atoms with Crippen LogP contribution in [0.25, 0.3) is 10.9 Å². The molecule has 1 aromatic carbocycles. The van der Waals surface area contributed by atoms with E-state index in [4.69, 9.17) is 9.47 Å². The van der Waals surface area contributed by atoms with Crippen LogP contribution in [-0.2, 0) is 4.74 Å². The van der Waals surface area contributed by atoms with Gasteiger partial charge >= 0.3 is 13.6 Å². The van der Waals surface area contributed by atoms with Gasteiger partial charge in [-0.15, -0.1) is 0 Å². The molecular formula is C16H24BN5O4. The zero-order valence-electron chi connectivity index (χ0n) is 14.8. The fourth-order valence-electron chi connectivity index (χ4n) is 2.82. The predicted octanol–water partition coefficient (Wildman–Crippen LogP) is -0.491. The number of carbonyl (C=O) groups is 1. The molecule has 1 aliphatic rings. The van der Waals surface area contributed by atoms with Gasteiger partial charge in [-0.1, -0.05) is 6.07 Å². The molecule has 140 valence electrons. The van der Waals surface area contributed by atoms with Crippen molar-refractivity contribution in [3.63, 3.8) is 0 Å². The van der Waals surface area contributed by atoms with Gasteiger partial charge in [-0.05, 0) is 19.1 Å². The van der Waals surface area contributed by atoms with Crippen molar-refractivity contribution in [1.29, 1.82) is 0 Å². The smallest absolute Gasteiger partial charge is 0.322 e. The molecule has 1 aromatic heterocycles. The van der Waals surface area contributed by atoms with Crippen molar-refractivity contribution in [3.05, 3.63) is 23.9 Å². The maximum Gasteiger partial charge on any atom is 0.322 e. The van der Waals surface area contributed by atoms with Gasteiger partial charge < -0.3 is 29.9 Å². The number of hydrogen-bond acceptors (Lipinski definition) is 6. The summed E-state index contributed by atoms with van der Waals surface area (Å²) in [6.45, 7) is 4.70. The fraction of sp³-hybridized carbons (Fsp3) is 0.500. The van der Waals surface area contributed by atoms with Crippen molar-refractivity contribution in [2.75, 3.05) is 39.5 Å². The van der Waals surface area contributed by atoms with E-state index in [1.165, 1.54) is 0 Å². The molecule has 0 spiro atoms. The van der Waals surface area contributed by atoms with E-state index in [9.17, 15) is 9.90 Å². The molecule has 2 amide bonds. The molecular weight excluding hydrogens is 337 g/mol. The zero-order valence-corrected chi connectivity index (χ0v) is 14.8. The molecule has 1 aliphatic heterocycles. The summed E-state index contributed by atoms with van der Waals surface area (Å²) >= 11 is 0. The van der Waals surface area contributed by atoms with Gasteiger partial charge in [0.1, 0.15) is 12.4 Å². The lowest BCUT2D eigenvalue weighted by Crippen LogP contribution is -2.50. The van der Waals surface area contributed by atoms with E-state index < -0.39 is 6.10 Å². The molecule has 1 fully saturated rings. The summed E-state index contributed by atoms with van der Waals surface area (Å²) in [5.74, 6) is 0.688. The van der Waals surface area contributed by atoms with Crippen molar-refractivity contribution >= 4 is 24.5 Å². The number of rotatable bonds is 7. The molecule has 1 atom stereocenters. The maximum absolute atomic E-state index is 11.9. The van der Waals surface area contributed by atoms with Gasteiger partial charge in [0.25, 0.3) is 0 Å². The van der Waals surface area contributed by atoms with Crippen LogP contribution in [0.15, 0.2) is 18.2 Å². The van der Waals surface area contributed by atoms with Crippen molar-refractivity contribution in [3.8, 4) is 5.75 Å². The molecule has 0 bridgehead atoms. The van der Waals surface area contributed by atoms with Crippen molar-refractivity contribution < 1.29 is 19.4 Å². The Morgan fingerprint density at radius 3 is 3.12 bits per heavy atom. The fourth-order valence-corrected chi connectivity index (χ4v) is 2.82. The number of aromatic amines is 1. The number of morpholine rings is 1. The van der Waals surface area contributed by atoms with Gasteiger partial charge in [-0.25, -0.2) is 4.79 Å². The number of ether oxygens (including phenoxy) is 2. The molecule has 26 heavy (non-hydrogen) atoms. The van der Waals surface area contributed by atoms with Crippen LogP contribution in [0.5, 0.6) is 5.75 Å². The summed E-state index contributed by atoms with van der Waals surface area (Å²) in [4.78, 5) is 13.6. The first-order valence-electron chi connectivity index (χ1n) is 8.71. The van der Waals surface area contributed by atoms with Crippen LogP contribution in [0, 0.1) is 6.92 Å². The summed E-state index contributed by atoms with van der Waals surface area (Å²) in [5.41, 5.74) is 1.76. The molecule has 2 aromatic rings. The summed E-state index contributed by atoms with van der Waals surface area (Å²) in [5, 5.41) is 23.9. The molecule has 3 rings (SSSR count). The van der Waals surface area contributed by atoms with Gasteiger partial charge in [0, 0.05) is 19.6 Å². The second-order valence-electron chi connectivity index (χ2n) is 6.16. The largest absolute Gasteiger partial charge is 0.490 e. The third-order valence-electron chi connectivity index (χ3n) is 4.21. The summed E-state index contributed by atoms with van der Waals surface area (Å²) in [7, 11) is 0.281. The number of urea groups is 1. The Balaban J connectivity index is 1.37. The van der Waals surface area contributed by atoms with Crippen molar-refractivity contribution in [2.24, 2.45) is 0 Å². The minimum absolute atomic E-state index is 0.131. The number of benzene rings is 1. The molecule has 1 saturated heterocycles. The SMILES string of the molecule is Cc1n[nH]c2cccc(OC[C@@H](O)CNBNC(=O)N3CCOCC3)c12. The maximum atomic E-state index is 11.9. The number of nitrogens with one attached hydrogen (secondary N) is 3. The second-order valence-corrected chi connectivity index (χ2v) is 6.16. The Morgan fingerprint density at radius 2 is 2.31 bits per heavy atom. The first kappa shape index (κ1) is 18.5.